The van der Waals surface area contributed by atoms with Gasteiger partial charge in [-0.2, -0.15) is 4.58 Å². The first kappa shape index (κ1) is 19.0. The van der Waals surface area contributed by atoms with Gasteiger partial charge in [0.05, 0.1) is 5.41 Å². The predicted molar refractivity (Wildman–Crippen MR) is 125 cm³/mol. The van der Waals surface area contributed by atoms with E-state index in [1.54, 1.807) is 0 Å². The van der Waals surface area contributed by atoms with Crippen molar-refractivity contribution in [2.45, 2.75) is 19.3 Å². The largest absolute Gasteiger partial charge is 0.378 e. The highest BCUT2D eigenvalue weighted by molar-refractivity contribution is 6.09. The van der Waals surface area contributed by atoms with Crippen LogP contribution in [0.1, 0.15) is 25.0 Å². The van der Waals surface area contributed by atoms with E-state index in [-0.39, 0.29) is 5.41 Å². The Hall–Kier alpha value is -3.31. The highest BCUT2D eigenvalue weighted by Gasteiger charge is 2.45. The summed E-state index contributed by atoms with van der Waals surface area (Å²) in [7, 11) is 4.11. The number of allylic oxidation sites excluding steroid dienone is 1. The summed E-state index contributed by atoms with van der Waals surface area (Å²) in [4.78, 5) is 2.11. The van der Waals surface area contributed by atoms with Crippen LogP contribution in [0.4, 0.5) is 11.4 Å². The number of hydrogen-bond donors (Lipinski definition) is 0. The number of fused-ring (bicyclic) bond motifs is 3. The molecule has 0 aliphatic carbocycles. The zero-order chi connectivity index (χ0) is 20.6. The Morgan fingerprint density at radius 3 is 2.38 bits per heavy atom. The summed E-state index contributed by atoms with van der Waals surface area (Å²) in [5.41, 5.74) is 6.05. The summed E-state index contributed by atoms with van der Waals surface area (Å²) < 4.78 is 2.28. The molecule has 0 aromatic heterocycles. The van der Waals surface area contributed by atoms with Gasteiger partial charge in [0.1, 0.15) is 0 Å². The van der Waals surface area contributed by atoms with Crippen molar-refractivity contribution in [1.82, 2.24) is 0 Å². The zero-order valence-electron chi connectivity index (χ0n) is 17.6. The van der Waals surface area contributed by atoms with Crippen LogP contribution in [0, 0.1) is 12.3 Å². The Morgan fingerprint density at radius 1 is 0.966 bits per heavy atom. The average molecular weight is 380 g/mol. The molecule has 0 N–H and O–H groups in total. The monoisotopic (exact) mass is 379 g/mol. The minimum absolute atomic E-state index is 0.132. The number of hydrogen-bond acceptors (Lipinski definition) is 1. The van der Waals surface area contributed by atoms with Crippen LogP contribution < -0.4 is 4.90 Å². The Bertz CT molecular complexity index is 1170. The summed E-state index contributed by atoms with van der Waals surface area (Å²) in [5.74, 6) is 2.85. The van der Waals surface area contributed by atoms with Crippen LogP contribution in [0.3, 0.4) is 0 Å². The molecule has 0 atom stereocenters. The standard InChI is InChI=1S/C27H27N2/c1-6-19-29-24-17-14-21-9-7-8-10-23(21)26(24)27(2,3)25(29)18-13-20-11-15-22(16-12-20)28(4)5/h1,7-18H,19H2,2-5H3/q+1. The average Bonchev–Trinajstić information content (AvgIpc) is 2.93. The van der Waals surface area contributed by atoms with Crippen LogP contribution >= 0.6 is 0 Å². The van der Waals surface area contributed by atoms with Gasteiger partial charge in [-0.15, -0.1) is 6.42 Å². The fourth-order valence-electron chi connectivity index (χ4n) is 4.36. The van der Waals surface area contributed by atoms with Crippen molar-refractivity contribution >= 4 is 33.9 Å². The van der Waals surface area contributed by atoms with Crippen LogP contribution in [0.2, 0.25) is 0 Å². The molecule has 0 radical (unpaired) electrons. The molecule has 0 saturated heterocycles. The van der Waals surface area contributed by atoms with E-state index in [4.69, 9.17) is 6.42 Å². The van der Waals surface area contributed by atoms with Crippen molar-refractivity contribution in [3.63, 3.8) is 0 Å². The second kappa shape index (κ2) is 7.26. The van der Waals surface area contributed by atoms with E-state index in [0.717, 1.165) is 0 Å². The van der Waals surface area contributed by atoms with Crippen molar-refractivity contribution in [3.05, 3.63) is 77.9 Å². The van der Waals surface area contributed by atoms with Crippen molar-refractivity contribution in [1.29, 1.82) is 0 Å². The maximum atomic E-state index is 5.75. The molecule has 4 rings (SSSR count). The molecule has 1 aliphatic heterocycles. The van der Waals surface area contributed by atoms with Crippen molar-refractivity contribution < 1.29 is 4.58 Å². The highest BCUT2D eigenvalue weighted by atomic mass is 15.1. The van der Waals surface area contributed by atoms with Crippen molar-refractivity contribution in [2.75, 3.05) is 25.5 Å². The molecular weight excluding hydrogens is 352 g/mol. The predicted octanol–water partition coefficient (Wildman–Crippen LogP) is 5.63. The molecule has 0 fully saturated rings. The highest BCUT2D eigenvalue weighted by Crippen LogP contribution is 2.44. The van der Waals surface area contributed by atoms with Crippen LogP contribution in [0.5, 0.6) is 0 Å². The number of rotatable bonds is 4. The SMILES string of the molecule is C#CC[N+]1=C(/C=C/c2ccc(N(C)C)cc2)C(C)(C)c2c1ccc1ccccc21. The van der Waals surface area contributed by atoms with E-state index >= 15 is 0 Å². The second-order valence-corrected chi connectivity index (χ2v) is 8.30. The van der Waals surface area contributed by atoms with Crippen LogP contribution in [-0.4, -0.2) is 30.9 Å². The maximum Gasteiger partial charge on any atom is 0.211 e. The molecule has 1 aliphatic rings. The van der Waals surface area contributed by atoms with Gasteiger partial charge in [0.2, 0.25) is 12.2 Å². The second-order valence-electron chi connectivity index (χ2n) is 8.30. The normalized spacial score (nSPS) is 15.0. The number of nitrogens with zero attached hydrogens (tertiary/aromatic N) is 2. The first-order valence-corrected chi connectivity index (χ1v) is 9.99. The Balaban J connectivity index is 1.81. The van der Waals surface area contributed by atoms with Gasteiger partial charge in [0, 0.05) is 37.5 Å². The minimum Gasteiger partial charge on any atom is -0.378 e. The quantitative estimate of drug-likeness (QED) is 0.421. The summed E-state index contributed by atoms with van der Waals surface area (Å²) in [6, 6.07) is 21.6. The van der Waals surface area contributed by atoms with Gasteiger partial charge in [0.15, 0.2) is 5.71 Å². The molecule has 2 heteroatoms. The van der Waals surface area contributed by atoms with Gasteiger partial charge in [-0.3, -0.25) is 0 Å². The van der Waals surface area contributed by atoms with E-state index in [1.165, 1.54) is 39.0 Å². The third-order valence-corrected chi connectivity index (χ3v) is 5.85. The molecule has 3 aromatic carbocycles. The summed E-state index contributed by atoms with van der Waals surface area (Å²) in [6.07, 6.45) is 10.2. The molecular formula is C27H27N2+. The van der Waals surface area contributed by atoms with Gasteiger partial charge in [0.25, 0.3) is 0 Å². The smallest absolute Gasteiger partial charge is 0.211 e. The van der Waals surface area contributed by atoms with Gasteiger partial charge >= 0.3 is 0 Å². The van der Waals surface area contributed by atoms with Gasteiger partial charge in [-0.25, -0.2) is 0 Å². The minimum atomic E-state index is -0.132. The lowest BCUT2D eigenvalue weighted by Gasteiger charge is -2.17. The third kappa shape index (κ3) is 3.23. The Morgan fingerprint density at radius 2 is 1.69 bits per heavy atom. The van der Waals surface area contributed by atoms with E-state index in [2.05, 4.69) is 116 Å². The lowest BCUT2D eigenvalue weighted by molar-refractivity contribution is -0.422. The van der Waals surface area contributed by atoms with E-state index < -0.39 is 0 Å². The molecule has 3 aromatic rings. The van der Waals surface area contributed by atoms with Crippen LogP contribution in [0.15, 0.2) is 66.7 Å². The van der Waals surface area contributed by atoms with Crippen molar-refractivity contribution in [2.24, 2.45) is 0 Å². The molecule has 2 nitrogen and oxygen atoms in total. The van der Waals surface area contributed by atoms with Crippen LogP contribution in [-0.2, 0) is 5.41 Å². The zero-order valence-corrected chi connectivity index (χ0v) is 17.6. The lowest BCUT2D eigenvalue weighted by Crippen LogP contribution is -2.27. The lowest BCUT2D eigenvalue weighted by atomic mass is 9.79. The molecule has 0 saturated carbocycles. The van der Waals surface area contributed by atoms with Gasteiger partial charge in [-0.1, -0.05) is 36.4 Å². The Labute approximate surface area is 173 Å². The number of benzene rings is 3. The third-order valence-electron chi connectivity index (χ3n) is 5.85. The van der Waals surface area contributed by atoms with E-state index in [0.29, 0.717) is 6.54 Å². The Kier molecular flexibility index (Phi) is 4.76. The molecule has 0 spiro atoms. The summed E-state index contributed by atoms with van der Waals surface area (Å²) in [5, 5.41) is 2.57. The number of terminal acetylenes is 1. The van der Waals surface area contributed by atoms with Crippen molar-refractivity contribution in [3.8, 4) is 12.3 Å². The molecule has 0 unspecified atom stereocenters. The van der Waals surface area contributed by atoms with Gasteiger partial charge in [-0.05, 0) is 60.4 Å². The first-order chi connectivity index (χ1) is 13.9. The maximum absolute atomic E-state index is 5.75. The van der Waals surface area contributed by atoms with E-state index in [1.807, 2.05) is 0 Å². The molecule has 0 bridgehead atoms. The molecule has 144 valence electrons. The molecule has 1 heterocycles. The van der Waals surface area contributed by atoms with E-state index in [9.17, 15) is 0 Å². The fourth-order valence-corrected chi connectivity index (χ4v) is 4.36. The topological polar surface area (TPSA) is 6.25 Å². The van der Waals surface area contributed by atoms with Gasteiger partial charge < -0.3 is 4.90 Å². The molecule has 0 amide bonds. The summed E-state index contributed by atoms with van der Waals surface area (Å²) >= 11 is 0. The first-order valence-electron chi connectivity index (χ1n) is 9.99. The molecule has 29 heavy (non-hydrogen) atoms. The van der Waals surface area contributed by atoms with Crippen LogP contribution in [0.25, 0.3) is 16.8 Å². The summed E-state index contributed by atoms with van der Waals surface area (Å²) in [6.45, 7) is 5.15. The number of anilines is 1. The fraction of sp³-hybridized carbons (Fsp3) is 0.222.